The summed E-state index contributed by atoms with van der Waals surface area (Å²) in [6.45, 7) is 4.19. The maximum Gasteiger partial charge on any atom is 0.315 e. The number of hydrogen-bond donors (Lipinski definition) is 0. The number of allylic oxidation sites excluding steroid dienone is 2. The number of ether oxygens (including phenoxy) is 5. The quantitative estimate of drug-likeness (QED) is 0.287. The van der Waals surface area contributed by atoms with Crippen LogP contribution < -0.4 is 18.9 Å². The molecule has 1 heterocycles. The topological polar surface area (TPSA) is 92.7 Å². The van der Waals surface area contributed by atoms with Crippen LogP contribution in [0.5, 0.6) is 23.0 Å². The van der Waals surface area contributed by atoms with Crippen LogP contribution in [-0.4, -0.2) is 52.5 Å². The van der Waals surface area contributed by atoms with E-state index in [4.69, 9.17) is 28.7 Å². The number of para-hydroxylation sites is 1. The number of nitrogens with zero attached hydrogens (tertiary/aromatic N) is 1. The second-order valence-electron chi connectivity index (χ2n) is 9.82. The molecule has 0 radical (unpaired) electrons. The van der Waals surface area contributed by atoms with Gasteiger partial charge in [-0.2, -0.15) is 0 Å². The first kappa shape index (κ1) is 28.2. The fourth-order valence-electron chi connectivity index (χ4n) is 5.61. The van der Waals surface area contributed by atoms with E-state index in [0.717, 1.165) is 18.4 Å². The molecule has 0 spiro atoms. The Morgan fingerprint density at radius 1 is 0.949 bits per heavy atom. The molecule has 0 fully saturated rings. The van der Waals surface area contributed by atoms with Crippen LogP contribution in [0.15, 0.2) is 52.7 Å². The van der Waals surface area contributed by atoms with Gasteiger partial charge in [-0.1, -0.05) is 31.5 Å². The third-order valence-corrected chi connectivity index (χ3v) is 7.53. The second-order valence-corrected chi connectivity index (χ2v) is 9.82. The Bertz CT molecular complexity index is 1300. The lowest BCUT2D eigenvalue weighted by atomic mass is 9.69. The SMILES string of the molecule is CCCCOC(=O)C1C(C)=NC2=C(C(=O)C[C@H](c3ccc(OC)c(OC)c3)C2)[C@H]1c1cccc(OC)c1OC. The summed E-state index contributed by atoms with van der Waals surface area (Å²) in [6.07, 6.45) is 2.50. The van der Waals surface area contributed by atoms with Gasteiger partial charge in [0.05, 0.1) is 35.0 Å². The Hall–Kier alpha value is -3.81. The highest BCUT2D eigenvalue weighted by atomic mass is 16.5. The lowest BCUT2D eigenvalue weighted by molar-refractivity contribution is -0.146. The van der Waals surface area contributed by atoms with Crippen molar-refractivity contribution in [2.24, 2.45) is 10.9 Å². The van der Waals surface area contributed by atoms with Gasteiger partial charge in [-0.15, -0.1) is 0 Å². The average Bonchev–Trinajstić information content (AvgIpc) is 2.95. The number of methoxy groups -OCH3 is 4. The molecule has 8 heteroatoms. The van der Waals surface area contributed by atoms with E-state index < -0.39 is 11.8 Å². The van der Waals surface area contributed by atoms with Crippen LogP contribution in [0.4, 0.5) is 0 Å². The molecule has 0 aromatic heterocycles. The number of ketones is 1. The van der Waals surface area contributed by atoms with Crippen molar-refractivity contribution in [1.82, 2.24) is 0 Å². The van der Waals surface area contributed by atoms with E-state index in [0.29, 0.717) is 58.6 Å². The predicted octanol–water partition coefficient (Wildman–Crippen LogP) is 5.64. The number of carbonyl (C=O) groups is 2. The average molecular weight is 536 g/mol. The maximum absolute atomic E-state index is 14.0. The highest BCUT2D eigenvalue weighted by Gasteiger charge is 2.46. The summed E-state index contributed by atoms with van der Waals surface area (Å²) >= 11 is 0. The minimum atomic E-state index is -0.747. The van der Waals surface area contributed by atoms with Gasteiger partial charge in [-0.05, 0) is 49.4 Å². The van der Waals surface area contributed by atoms with E-state index in [1.54, 1.807) is 34.5 Å². The first-order valence-electron chi connectivity index (χ1n) is 13.3. The Morgan fingerprint density at radius 2 is 1.69 bits per heavy atom. The molecule has 0 amide bonds. The molecule has 3 atom stereocenters. The summed E-state index contributed by atoms with van der Waals surface area (Å²) in [7, 11) is 6.31. The molecule has 0 saturated carbocycles. The first-order valence-corrected chi connectivity index (χ1v) is 13.3. The molecule has 2 aromatic carbocycles. The second kappa shape index (κ2) is 12.4. The minimum absolute atomic E-state index is 0.0477. The molecular weight excluding hydrogens is 498 g/mol. The number of carbonyl (C=O) groups excluding carboxylic acids is 2. The van der Waals surface area contributed by atoms with Gasteiger partial charge < -0.3 is 23.7 Å². The molecule has 0 bridgehead atoms. The predicted molar refractivity (Wildman–Crippen MR) is 148 cm³/mol. The molecular formula is C31H37NO7. The summed E-state index contributed by atoms with van der Waals surface area (Å²) in [6, 6.07) is 11.3. The zero-order valence-electron chi connectivity index (χ0n) is 23.5. The van der Waals surface area contributed by atoms with E-state index in [2.05, 4.69) is 0 Å². The van der Waals surface area contributed by atoms with Crippen LogP contribution in [0.2, 0.25) is 0 Å². The number of hydrogen-bond acceptors (Lipinski definition) is 8. The Labute approximate surface area is 230 Å². The molecule has 4 rings (SSSR count). The molecule has 0 saturated heterocycles. The minimum Gasteiger partial charge on any atom is -0.493 e. The van der Waals surface area contributed by atoms with E-state index >= 15 is 0 Å². The molecule has 39 heavy (non-hydrogen) atoms. The number of unbranched alkanes of at least 4 members (excludes halogenated alkanes) is 1. The molecule has 1 aliphatic carbocycles. The first-order chi connectivity index (χ1) is 18.9. The fourth-order valence-corrected chi connectivity index (χ4v) is 5.61. The fraction of sp³-hybridized carbons (Fsp3) is 0.452. The highest BCUT2D eigenvalue weighted by molar-refractivity contribution is 6.09. The van der Waals surface area contributed by atoms with Crippen LogP contribution in [0.1, 0.15) is 62.5 Å². The van der Waals surface area contributed by atoms with Gasteiger partial charge >= 0.3 is 5.97 Å². The third-order valence-electron chi connectivity index (χ3n) is 7.53. The van der Waals surface area contributed by atoms with Crippen molar-refractivity contribution in [3.63, 3.8) is 0 Å². The standard InChI is InChI=1S/C31H37NO7/c1-7-8-14-39-31(34)27-18(2)32-22-15-20(19-12-13-24(35-3)26(17-19)37-5)16-23(33)29(22)28(27)21-10-9-11-25(36-4)30(21)38-6/h9-13,17,20,27-28H,7-8,14-16H2,1-6H3/t20-,27?,28+/m1/s1. The van der Waals surface area contributed by atoms with Crippen molar-refractivity contribution in [1.29, 1.82) is 0 Å². The van der Waals surface area contributed by atoms with Crippen LogP contribution in [0, 0.1) is 5.92 Å². The van der Waals surface area contributed by atoms with Crippen LogP contribution >= 0.6 is 0 Å². The number of esters is 1. The van der Waals surface area contributed by atoms with E-state index in [-0.39, 0.29) is 24.1 Å². The summed E-state index contributed by atoms with van der Waals surface area (Å²) < 4.78 is 27.9. The molecule has 2 aromatic rings. The zero-order valence-corrected chi connectivity index (χ0v) is 23.5. The van der Waals surface area contributed by atoms with Gasteiger partial charge in [0, 0.05) is 34.9 Å². The normalized spacial score (nSPS) is 20.6. The van der Waals surface area contributed by atoms with Crippen molar-refractivity contribution >= 4 is 17.5 Å². The Morgan fingerprint density at radius 3 is 2.36 bits per heavy atom. The van der Waals surface area contributed by atoms with E-state index in [1.165, 1.54) is 0 Å². The molecule has 1 aliphatic heterocycles. The molecule has 0 N–H and O–H groups in total. The number of benzene rings is 2. The van der Waals surface area contributed by atoms with Gasteiger partial charge in [0.15, 0.2) is 28.8 Å². The van der Waals surface area contributed by atoms with Crippen molar-refractivity contribution in [3.05, 3.63) is 58.8 Å². The van der Waals surface area contributed by atoms with Gasteiger partial charge in [-0.3, -0.25) is 14.6 Å². The van der Waals surface area contributed by atoms with Crippen LogP contribution in [0.25, 0.3) is 0 Å². The maximum atomic E-state index is 14.0. The zero-order chi connectivity index (χ0) is 28.1. The smallest absolute Gasteiger partial charge is 0.315 e. The molecule has 2 aliphatic rings. The largest absolute Gasteiger partial charge is 0.493 e. The van der Waals surface area contributed by atoms with E-state index in [1.807, 2.05) is 44.2 Å². The van der Waals surface area contributed by atoms with Crippen molar-refractivity contribution < 1.29 is 33.3 Å². The number of Topliss-reactive ketones (excluding diaryl/α,β-unsaturated/α-hetero) is 1. The van der Waals surface area contributed by atoms with Crippen molar-refractivity contribution in [3.8, 4) is 23.0 Å². The number of aliphatic imine (C=N–C) groups is 1. The Balaban J connectivity index is 1.81. The van der Waals surface area contributed by atoms with E-state index in [9.17, 15) is 9.59 Å². The molecule has 8 nitrogen and oxygen atoms in total. The van der Waals surface area contributed by atoms with Crippen LogP contribution in [-0.2, 0) is 14.3 Å². The Kier molecular flexibility index (Phi) is 8.94. The molecule has 1 unspecified atom stereocenters. The summed E-state index contributed by atoms with van der Waals surface area (Å²) in [4.78, 5) is 32.3. The monoisotopic (exact) mass is 535 g/mol. The van der Waals surface area contributed by atoms with Gasteiger partial charge in [-0.25, -0.2) is 0 Å². The van der Waals surface area contributed by atoms with Crippen molar-refractivity contribution in [2.75, 3.05) is 35.0 Å². The summed E-state index contributed by atoms with van der Waals surface area (Å²) in [5.74, 6) is 0.389. The number of rotatable bonds is 10. The van der Waals surface area contributed by atoms with Gasteiger partial charge in [0.1, 0.15) is 5.92 Å². The third kappa shape index (κ3) is 5.51. The van der Waals surface area contributed by atoms with Gasteiger partial charge in [0.25, 0.3) is 0 Å². The van der Waals surface area contributed by atoms with Crippen LogP contribution in [0.3, 0.4) is 0 Å². The lowest BCUT2D eigenvalue weighted by Gasteiger charge is -2.37. The summed E-state index contributed by atoms with van der Waals surface area (Å²) in [5, 5.41) is 0. The van der Waals surface area contributed by atoms with Gasteiger partial charge in [0.2, 0.25) is 0 Å². The summed E-state index contributed by atoms with van der Waals surface area (Å²) in [5.41, 5.74) is 3.52. The molecule has 208 valence electrons. The lowest BCUT2D eigenvalue weighted by Crippen LogP contribution is -2.38. The highest BCUT2D eigenvalue weighted by Crippen LogP contribution is 2.50. The van der Waals surface area contributed by atoms with Crippen molar-refractivity contribution in [2.45, 2.75) is 51.4 Å².